The Kier molecular flexibility index (Phi) is 9.61. The molecule has 2 aromatic rings. The van der Waals surface area contributed by atoms with Gasteiger partial charge in [-0.25, -0.2) is 14.8 Å². The number of carbonyl (C=O) groups is 5. The van der Waals surface area contributed by atoms with Crippen LogP contribution in [0.15, 0.2) is 129 Å². The molecular formula is C35H26N4O11S2. The van der Waals surface area contributed by atoms with E-state index in [9.17, 15) is 49.9 Å². The molecule has 0 heterocycles. The quantitative estimate of drug-likeness (QED) is 0.309. The lowest BCUT2D eigenvalue weighted by molar-refractivity contribution is -0.116. The van der Waals surface area contributed by atoms with Crippen LogP contribution in [0.1, 0.15) is 20.7 Å². The first-order chi connectivity index (χ1) is 24.6. The average molecular weight is 743 g/mol. The summed E-state index contributed by atoms with van der Waals surface area (Å²) in [6, 6.07) is 10.2. The van der Waals surface area contributed by atoms with Gasteiger partial charge >= 0.3 is 6.03 Å². The first-order valence-electron chi connectivity index (χ1n) is 15.3. The number of Topliss-reactive ketones (excluding diaryl/α,β-unsaturated/α-hetero) is 2. The monoisotopic (exact) mass is 742 g/mol. The lowest BCUT2D eigenvalue weighted by atomic mass is 9.79. The third-order valence-corrected chi connectivity index (χ3v) is 10.3. The summed E-state index contributed by atoms with van der Waals surface area (Å²) >= 11 is 0. The second-order valence-electron chi connectivity index (χ2n) is 11.8. The summed E-state index contributed by atoms with van der Waals surface area (Å²) in [5.74, 6) is -6.96. The number of urea groups is 1. The van der Waals surface area contributed by atoms with Gasteiger partial charge in [0.05, 0.1) is 21.6 Å². The van der Waals surface area contributed by atoms with Crippen molar-refractivity contribution in [2.75, 3.05) is 10.6 Å². The van der Waals surface area contributed by atoms with Crippen LogP contribution < -0.4 is 10.6 Å². The number of ketones is 2. The van der Waals surface area contributed by atoms with Crippen molar-refractivity contribution in [1.82, 2.24) is 0 Å². The van der Waals surface area contributed by atoms with Gasteiger partial charge in [-0.3, -0.25) is 28.3 Å². The number of fused-ring (bicyclic) bond motifs is 2. The van der Waals surface area contributed by atoms with E-state index in [1.54, 1.807) is 0 Å². The highest BCUT2D eigenvalue weighted by molar-refractivity contribution is 7.90. The van der Waals surface area contributed by atoms with Crippen LogP contribution in [0, 0.1) is 23.7 Å². The van der Waals surface area contributed by atoms with Gasteiger partial charge in [0.15, 0.2) is 11.6 Å². The minimum Gasteiger partial charge on any atom is -0.308 e. The molecule has 4 unspecified atom stereocenters. The first kappa shape index (κ1) is 35.8. The van der Waals surface area contributed by atoms with Crippen molar-refractivity contribution >= 4 is 72.4 Å². The molecule has 15 nitrogen and oxygen atoms in total. The topological polar surface area (TPSA) is 243 Å². The van der Waals surface area contributed by atoms with Crippen molar-refractivity contribution in [2.45, 2.75) is 0 Å². The first-order valence-corrected chi connectivity index (χ1v) is 18.2. The van der Waals surface area contributed by atoms with E-state index in [4.69, 9.17) is 0 Å². The third kappa shape index (κ3) is 7.52. The molecule has 0 saturated heterocycles. The normalized spacial score (nSPS) is 23.8. The maximum Gasteiger partial charge on any atom is 0.323 e. The third-order valence-electron chi connectivity index (χ3n) is 8.37. The van der Waals surface area contributed by atoms with Crippen molar-refractivity contribution in [3.05, 3.63) is 130 Å². The smallest absolute Gasteiger partial charge is 0.308 e. The Morgan fingerprint density at radius 2 is 0.942 bits per heavy atom. The summed E-state index contributed by atoms with van der Waals surface area (Å²) in [7, 11) is -9.45. The predicted octanol–water partition coefficient (Wildman–Crippen LogP) is 3.92. The number of nitrogens with zero attached hydrogens (tertiary/aromatic N) is 2. The van der Waals surface area contributed by atoms with E-state index < -0.39 is 94.6 Å². The fraction of sp³-hybridized carbons (Fsp3) is 0.114. The molecule has 52 heavy (non-hydrogen) atoms. The molecule has 4 aliphatic carbocycles. The van der Waals surface area contributed by atoms with E-state index in [2.05, 4.69) is 20.6 Å². The summed E-state index contributed by atoms with van der Waals surface area (Å²) in [6.45, 7) is 0. The number of nitrogens with one attached hydrogen (secondary N) is 2. The predicted molar refractivity (Wildman–Crippen MR) is 189 cm³/mol. The summed E-state index contributed by atoms with van der Waals surface area (Å²) in [4.78, 5) is 71.7. The highest BCUT2D eigenvalue weighted by Gasteiger charge is 2.41. The van der Waals surface area contributed by atoms with Gasteiger partial charge in [0.2, 0.25) is 0 Å². The van der Waals surface area contributed by atoms with E-state index in [0.717, 1.165) is 12.2 Å². The molecule has 4 aliphatic rings. The highest BCUT2D eigenvalue weighted by Crippen LogP contribution is 2.36. The van der Waals surface area contributed by atoms with Crippen LogP contribution in [0.25, 0.3) is 0 Å². The van der Waals surface area contributed by atoms with Crippen molar-refractivity contribution in [3.8, 4) is 0 Å². The molecule has 17 heteroatoms. The van der Waals surface area contributed by atoms with Crippen LogP contribution in [0.4, 0.5) is 16.2 Å². The highest BCUT2D eigenvalue weighted by atomic mass is 32.2. The molecule has 0 aliphatic heterocycles. The fourth-order valence-corrected chi connectivity index (χ4v) is 7.63. The molecule has 6 rings (SSSR count). The molecule has 0 aromatic heterocycles. The Bertz CT molecular complexity index is 2270. The van der Waals surface area contributed by atoms with Crippen LogP contribution in [0.3, 0.4) is 0 Å². The van der Waals surface area contributed by atoms with Gasteiger partial charge in [-0.15, -0.1) is 0 Å². The molecule has 0 fully saturated rings. The minimum atomic E-state index is -4.72. The number of hydrogen-bond acceptors (Lipinski definition) is 9. The van der Waals surface area contributed by atoms with Gasteiger partial charge < -0.3 is 10.6 Å². The molecule has 0 saturated carbocycles. The van der Waals surface area contributed by atoms with Crippen molar-refractivity contribution < 1.29 is 49.9 Å². The molecule has 4 N–H and O–H groups in total. The van der Waals surface area contributed by atoms with Crippen LogP contribution in [0.2, 0.25) is 0 Å². The summed E-state index contributed by atoms with van der Waals surface area (Å²) in [6.07, 6.45) is 13.7. The Labute approximate surface area is 296 Å². The molecule has 0 radical (unpaired) electrons. The average Bonchev–Trinajstić information content (AvgIpc) is 3.09. The molecule has 0 bridgehead atoms. The molecule has 2 aromatic carbocycles. The minimum absolute atomic E-state index is 0.0673. The fourth-order valence-electron chi connectivity index (χ4n) is 5.97. The van der Waals surface area contributed by atoms with Crippen molar-refractivity contribution in [3.63, 3.8) is 0 Å². The number of amides is 4. The maximum absolute atomic E-state index is 13.0. The van der Waals surface area contributed by atoms with E-state index >= 15 is 0 Å². The van der Waals surface area contributed by atoms with Gasteiger partial charge in [-0.1, -0.05) is 60.7 Å². The zero-order valence-corrected chi connectivity index (χ0v) is 28.1. The van der Waals surface area contributed by atoms with Gasteiger partial charge in [0, 0.05) is 34.3 Å². The van der Waals surface area contributed by atoms with Crippen molar-refractivity contribution in [2.24, 2.45) is 33.7 Å². The second-order valence-corrected chi connectivity index (χ2v) is 14.6. The Hall–Kier alpha value is -6.01. The van der Waals surface area contributed by atoms with Crippen LogP contribution in [-0.2, 0) is 29.8 Å². The lowest BCUT2D eigenvalue weighted by Gasteiger charge is -2.27. The van der Waals surface area contributed by atoms with Crippen LogP contribution in [-0.4, -0.2) is 66.8 Å². The maximum atomic E-state index is 13.0. The summed E-state index contributed by atoms with van der Waals surface area (Å²) in [5, 5.41) is 5.02. The van der Waals surface area contributed by atoms with E-state index in [0.29, 0.717) is 0 Å². The van der Waals surface area contributed by atoms with E-state index in [1.165, 1.54) is 97.1 Å². The van der Waals surface area contributed by atoms with Gasteiger partial charge in [0.1, 0.15) is 11.4 Å². The summed E-state index contributed by atoms with van der Waals surface area (Å²) < 4.78 is 67.5. The number of benzene rings is 2. The van der Waals surface area contributed by atoms with Crippen LogP contribution in [0.5, 0.6) is 0 Å². The lowest BCUT2D eigenvalue weighted by Crippen LogP contribution is -2.36. The van der Waals surface area contributed by atoms with Crippen LogP contribution >= 0.6 is 0 Å². The largest absolute Gasteiger partial charge is 0.323 e. The molecule has 4 amide bonds. The van der Waals surface area contributed by atoms with Crippen molar-refractivity contribution in [1.29, 1.82) is 0 Å². The number of rotatable bonds is 6. The second kappa shape index (κ2) is 14.0. The zero-order chi connectivity index (χ0) is 37.4. The molecule has 0 spiro atoms. The Balaban J connectivity index is 1.16. The van der Waals surface area contributed by atoms with E-state index in [-0.39, 0.29) is 22.5 Å². The molecule has 264 valence electrons. The number of aliphatic imine (C=N–C) groups is 2. The number of carbonyl (C=O) groups excluding carboxylic acids is 5. The standard InChI is InChI=1S/C35H26N4O11S2/c40-31-25-13-3-1-11-23(25)29(51(45,46)47)17-27(31)38-33(42)19-7-5-9-21(15-19)36-35(44)37-22-10-6-8-20(16-22)34(43)39-28-18-30(52(48,49)50)24-12-2-4-14-26(24)32(28)41/h1-18,23-26H,(H2,36,37,44)(H,45,46,47)(H,48,49,50). The summed E-state index contributed by atoms with van der Waals surface area (Å²) in [5.41, 5.74) is -0.832. The number of allylic oxidation sites excluding steroid dienone is 12. The zero-order valence-electron chi connectivity index (χ0n) is 26.5. The number of hydrogen-bond donors (Lipinski definition) is 4. The number of anilines is 2. The van der Waals surface area contributed by atoms with E-state index in [1.807, 2.05) is 0 Å². The Morgan fingerprint density at radius 1 is 0.577 bits per heavy atom. The molecular weight excluding hydrogens is 717 g/mol. The molecule has 4 atom stereocenters. The van der Waals surface area contributed by atoms with Gasteiger partial charge in [-0.05, 0) is 48.6 Å². The van der Waals surface area contributed by atoms with Gasteiger partial charge in [0.25, 0.3) is 32.1 Å². The van der Waals surface area contributed by atoms with Gasteiger partial charge in [-0.2, -0.15) is 16.8 Å². The Morgan fingerprint density at radius 3 is 1.31 bits per heavy atom. The SMILES string of the molecule is O=C(Nc1cccc(C(=O)N=C2C=C(S(=O)(=O)O)C3C=CC=CC3C2=O)c1)Nc1cccc(C(=O)N=C2C=C(S(=O)(=O)O)C3C=CC=CC3C2=O)c1.